The fourth-order valence-corrected chi connectivity index (χ4v) is 7.35. The summed E-state index contributed by atoms with van der Waals surface area (Å²) >= 11 is 0. The number of carbonyl (C=O) groups is 2. The highest BCUT2D eigenvalue weighted by molar-refractivity contribution is 5.67. The highest BCUT2D eigenvalue weighted by Crippen LogP contribution is 2.72. The smallest absolute Gasteiger partial charge is 0.302 e. The second kappa shape index (κ2) is 7.80. The van der Waals surface area contributed by atoms with Gasteiger partial charge < -0.3 is 33.6 Å². The summed E-state index contributed by atoms with van der Waals surface area (Å²) in [7, 11) is 0. The van der Waals surface area contributed by atoms with Crippen LogP contribution in [0.3, 0.4) is 0 Å². The van der Waals surface area contributed by atoms with E-state index in [1.54, 1.807) is 12.5 Å². The van der Waals surface area contributed by atoms with Crippen molar-refractivity contribution in [2.45, 2.75) is 76.7 Å². The molecular weight excluding hydrogens is 432 g/mol. The Morgan fingerprint density at radius 3 is 2.58 bits per heavy atom. The standard InChI is InChI=1S/C24H32O9/c1-13-8-20(32-15(3)26)23(11-30-14(2)25)18(4-5-19(27)24(23)12-31-24)22(13)9-17(33-21(22)28)16-6-7-29-10-16/h6-7,10,13,17-21,27-28H,4-5,8-9,11-12H2,1-3H3/t13-,17+,18-,19+,20+,21+,22-,23+,24-/m1/s1. The zero-order chi connectivity index (χ0) is 23.6. The minimum absolute atomic E-state index is 0.0699. The second-order valence-corrected chi connectivity index (χ2v) is 10.2. The quantitative estimate of drug-likeness (QED) is 0.508. The van der Waals surface area contributed by atoms with Crippen molar-refractivity contribution in [3.05, 3.63) is 24.2 Å². The number of hydrogen-bond acceptors (Lipinski definition) is 9. The third-order valence-corrected chi connectivity index (χ3v) is 8.87. The summed E-state index contributed by atoms with van der Waals surface area (Å²) in [6.45, 7) is 4.93. The number of epoxide rings is 1. The third-order valence-electron chi connectivity index (χ3n) is 8.87. The Balaban J connectivity index is 1.64. The van der Waals surface area contributed by atoms with Gasteiger partial charge in [0.05, 0.1) is 36.8 Å². The van der Waals surface area contributed by atoms with Gasteiger partial charge in [-0.15, -0.1) is 0 Å². The van der Waals surface area contributed by atoms with Crippen LogP contribution in [0.2, 0.25) is 0 Å². The van der Waals surface area contributed by atoms with Crippen molar-refractivity contribution < 1.29 is 43.2 Å². The average Bonchev–Trinajstić information content (AvgIpc) is 3.21. The highest BCUT2D eigenvalue weighted by atomic mass is 16.6. The van der Waals surface area contributed by atoms with Crippen molar-refractivity contribution in [3.63, 3.8) is 0 Å². The Kier molecular flexibility index (Phi) is 5.39. The maximum atomic E-state index is 12.2. The fraction of sp³-hybridized carbons (Fsp3) is 0.750. The van der Waals surface area contributed by atoms with Gasteiger partial charge in [-0.1, -0.05) is 6.92 Å². The number of aliphatic hydroxyl groups is 2. The van der Waals surface area contributed by atoms with Crippen LogP contribution in [0, 0.1) is 22.7 Å². The van der Waals surface area contributed by atoms with Crippen molar-refractivity contribution in [3.8, 4) is 0 Å². The summed E-state index contributed by atoms with van der Waals surface area (Å²) in [5.41, 5.74) is -1.88. The van der Waals surface area contributed by atoms with Crippen LogP contribution in [0.15, 0.2) is 23.0 Å². The molecule has 0 radical (unpaired) electrons. The second-order valence-electron chi connectivity index (χ2n) is 10.2. The van der Waals surface area contributed by atoms with Crippen LogP contribution in [0.25, 0.3) is 0 Å². The summed E-state index contributed by atoms with van der Waals surface area (Å²) in [4.78, 5) is 24.1. The van der Waals surface area contributed by atoms with E-state index in [2.05, 4.69) is 0 Å². The first-order valence-electron chi connectivity index (χ1n) is 11.7. The number of carbonyl (C=O) groups excluding carboxylic acids is 2. The number of esters is 2. The summed E-state index contributed by atoms with van der Waals surface area (Å²) in [5, 5.41) is 22.5. The van der Waals surface area contributed by atoms with Crippen molar-refractivity contribution in [2.24, 2.45) is 22.7 Å². The number of fused-ring (bicyclic) bond motifs is 3. The van der Waals surface area contributed by atoms with Gasteiger partial charge in [0.1, 0.15) is 18.3 Å². The van der Waals surface area contributed by atoms with Gasteiger partial charge in [-0.2, -0.15) is 0 Å². The van der Waals surface area contributed by atoms with Gasteiger partial charge in [0.25, 0.3) is 0 Å². The number of aliphatic hydroxyl groups excluding tert-OH is 2. The molecule has 2 saturated heterocycles. The predicted molar refractivity (Wildman–Crippen MR) is 111 cm³/mol. The monoisotopic (exact) mass is 464 g/mol. The summed E-state index contributed by atoms with van der Waals surface area (Å²) in [6.07, 6.45) is 2.28. The molecule has 2 aliphatic heterocycles. The molecule has 0 aromatic carbocycles. The Hall–Kier alpha value is -1.94. The molecule has 1 aromatic heterocycles. The normalized spacial score (nSPS) is 46.2. The van der Waals surface area contributed by atoms with Crippen molar-refractivity contribution in [2.75, 3.05) is 13.2 Å². The minimum atomic E-state index is -1.08. The Bertz CT molecular complexity index is 909. The molecule has 2 aliphatic carbocycles. The lowest BCUT2D eigenvalue weighted by molar-refractivity contribution is -0.276. The van der Waals surface area contributed by atoms with E-state index >= 15 is 0 Å². The van der Waals surface area contributed by atoms with Crippen LogP contribution in [-0.4, -0.2) is 59.5 Å². The topological polar surface area (TPSA) is 128 Å². The molecule has 4 fully saturated rings. The van der Waals surface area contributed by atoms with Crippen LogP contribution in [-0.2, 0) is 28.5 Å². The maximum Gasteiger partial charge on any atom is 0.302 e. The lowest BCUT2D eigenvalue weighted by Gasteiger charge is -2.63. The first-order valence-corrected chi connectivity index (χ1v) is 11.7. The molecule has 4 aliphatic rings. The van der Waals surface area contributed by atoms with Gasteiger partial charge in [-0.3, -0.25) is 9.59 Å². The zero-order valence-electron chi connectivity index (χ0n) is 19.2. The minimum Gasteiger partial charge on any atom is -0.472 e. The molecule has 2 N–H and O–H groups in total. The molecule has 5 rings (SSSR count). The van der Waals surface area contributed by atoms with Gasteiger partial charge in [-0.05, 0) is 43.6 Å². The number of ether oxygens (including phenoxy) is 4. The molecule has 33 heavy (non-hydrogen) atoms. The van der Waals surface area contributed by atoms with Crippen molar-refractivity contribution >= 4 is 11.9 Å². The molecule has 2 saturated carbocycles. The molecule has 0 bridgehead atoms. The molecule has 182 valence electrons. The molecule has 1 aromatic rings. The van der Waals surface area contributed by atoms with E-state index < -0.39 is 46.9 Å². The molecule has 2 spiro atoms. The summed E-state index contributed by atoms with van der Waals surface area (Å²) < 4.78 is 28.8. The fourth-order valence-electron chi connectivity index (χ4n) is 7.35. The van der Waals surface area contributed by atoms with Gasteiger partial charge >= 0.3 is 11.9 Å². The first kappa shape index (κ1) is 22.8. The van der Waals surface area contributed by atoms with Crippen LogP contribution in [0.5, 0.6) is 0 Å². The lowest BCUT2D eigenvalue weighted by Crippen LogP contribution is -2.71. The van der Waals surface area contributed by atoms with Gasteiger partial charge in [0, 0.05) is 24.8 Å². The molecular formula is C24H32O9. The van der Waals surface area contributed by atoms with E-state index in [0.29, 0.717) is 25.7 Å². The van der Waals surface area contributed by atoms with Crippen LogP contribution in [0.1, 0.15) is 58.1 Å². The molecule has 0 amide bonds. The van der Waals surface area contributed by atoms with E-state index in [4.69, 9.17) is 23.4 Å². The molecule has 3 heterocycles. The zero-order valence-corrected chi connectivity index (χ0v) is 19.2. The van der Waals surface area contributed by atoms with Gasteiger partial charge in [-0.25, -0.2) is 0 Å². The maximum absolute atomic E-state index is 12.2. The van der Waals surface area contributed by atoms with Crippen molar-refractivity contribution in [1.29, 1.82) is 0 Å². The molecule has 9 atom stereocenters. The molecule has 0 unspecified atom stereocenters. The van der Waals surface area contributed by atoms with E-state index in [1.807, 2.05) is 13.0 Å². The van der Waals surface area contributed by atoms with Gasteiger partial charge in [0.2, 0.25) is 0 Å². The Morgan fingerprint density at radius 2 is 1.97 bits per heavy atom. The molecule has 9 nitrogen and oxygen atoms in total. The van der Waals surface area contributed by atoms with E-state index in [9.17, 15) is 19.8 Å². The number of furan rings is 1. The lowest BCUT2D eigenvalue weighted by atomic mass is 9.42. The predicted octanol–water partition coefficient (Wildman–Crippen LogP) is 2.11. The summed E-state index contributed by atoms with van der Waals surface area (Å²) in [5.74, 6) is -1.27. The third kappa shape index (κ3) is 3.12. The van der Waals surface area contributed by atoms with Crippen LogP contribution >= 0.6 is 0 Å². The number of rotatable bonds is 4. The Morgan fingerprint density at radius 1 is 1.21 bits per heavy atom. The van der Waals surface area contributed by atoms with E-state index in [-0.39, 0.29) is 31.2 Å². The number of hydrogen-bond donors (Lipinski definition) is 2. The SMILES string of the molecule is CC(=O)OC[C@@]12[C@@H](OC(C)=O)C[C@@H](C)[C@]3(C[C@@H](c4ccoc4)O[C@@H]3O)[C@H]1CC[C@H](O)[C@]21CO1. The van der Waals surface area contributed by atoms with Crippen LogP contribution < -0.4 is 0 Å². The largest absolute Gasteiger partial charge is 0.472 e. The molecule has 9 heteroatoms. The van der Waals surface area contributed by atoms with E-state index in [1.165, 1.54) is 13.8 Å². The first-order chi connectivity index (χ1) is 15.7. The Labute approximate surface area is 192 Å². The van der Waals surface area contributed by atoms with Crippen LogP contribution in [0.4, 0.5) is 0 Å². The highest BCUT2D eigenvalue weighted by Gasteiger charge is 2.80. The van der Waals surface area contributed by atoms with Gasteiger partial charge in [0.15, 0.2) is 6.29 Å². The average molecular weight is 465 g/mol. The van der Waals surface area contributed by atoms with Crippen molar-refractivity contribution in [1.82, 2.24) is 0 Å². The summed E-state index contributed by atoms with van der Waals surface area (Å²) in [6, 6.07) is 1.83. The van der Waals surface area contributed by atoms with E-state index in [0.717, 1.165) is 5.56 Å².